The maximum absolute atomic E-state index is 13.0. The van der Waals surface area contributed by atoms with Crippen molar-refractivity contribution in [3.8, 4) is 0 Å². The first-order chi connectivity index (χ1) is 53.2. The Labute approximate surface area is 662 Å². The second-order valence-electron chi connectivity index (χ2n) is 27.5. The van der Waals surface area contributed by atoms with Gasteiger partial charge in [0.1, 0.15) is 25.4 Å². The molecular weight excluding hydrogens is 1410 g/mol. The number of esters is 3. The topological polar surface area (TPSA) is 231 Å². The Kier molecular flexibility index (Phi) is 78.1. The van der Waals surface area contributed by atoms with E-state index in [-0.39, 0.29) is 19.3 Å². The summed E-state index contributed by atoms with van der Waals surface area (Å²) in [4.78, 5) is 58.7. The smallest absolute Gasteiger partial charge is 0.463 e. The molecule has 0 aliphatic carbocycles. The number of phosphoric ester groups is 2. The lowest BCUT2D eigenvalue weighted by Crippen LogP contribution is -2.30. The van der Waals surface area contributed by atoms with E-state index in [0.29, 0.717) is 19.3 Å². The molecule has 0 aliphatic rings. The Morgan fingerprint density at radius 1 is 0.257 bits per heavy atom. The van der Waals surface area contributed by atoms with Crippen LogP contribution in [0.3, 0.4) is 0 Å². The number of ether oxygens (including phenoxy) is 3. The van der Waals surface area contributed by atoms with Crippen LogP contribution in [0.5, 0.6) is 0 Å². The van der Waals surface area contributed by atoms with Gasteiger partial charge < -0.3 is 34.2 Å². The van der Waals surface area contributed by atoms with E-state index in [1.54, 1.807) is 0 Å². The van der Waals surface area contributed by atoms with Crippen LogP contribution in [-0.2, 0) is 55.8 Å². The van der Waals surface area contributed by atoms with Crippen LogP contribution in [0.1, 0.15) is 316 Å². The molecule has 0 aromatic rings. The molecule has 18 heteroatoms. The number of aliphatic hydroxyl groups excluding tert-OH is 2. The number of aliphatic hydroxyl groups is 2. The summed E-state index contributed by atoms with van der Waals surface area (Å²) in [6.45, 7) is 2.29. The molecule has 5 unspecified atom stereocenters. The van der Waals surface area contributed by atoms with Gasteiger partial charge in [-0.3, -0.25) is 32.5 Å². The number of allylic oxidation sites excluding steroid dienone is 30. The standard InChI is InChI=1S/C91H150O16P2/c1-4-7-10-13-16-19-22-25-28-30-32-34-36-37-38-39-40-41-42-43-44-45-46-47-49-51-52-54-57-59-62-65-68-71-74-77-89(94)101-80-86(92)81-103-108(97,98)104-82-87(93)83-105-109(99,100)106-85-88(107-91(96)79-76-73-70-67-64-61-56-27-24-21-18-15-12-9-6-3)84-102-90(95)78-75-72-69-66-63-60-58-55-53-50-48-35-33-31-29-26-23-20-17-14-11-8-5-2/h7-12,16-21,25-29,32-35,37-38,40-41,50,53,56,58,60,86-88,92-93H,4-6,13-15,22-24,30-31,36,39,42-49,51-52,54-55,57,59,61-85H2,1-3H3,(H,97,98)(H,99,100)/b10-7-,11-8-,12-9-,19-16-,20-17-,21-18-,28-25-,29-26-,34-32-,35-33-,38-37-,41-40-,53-50-,56-27-,60-58-. The summed E-state index contributed by atoms with van der Waals surface area (Å²) >= 11 is 0. The Morgan fingerprint density at radius 3 is 0.725 bits per heavy atom. The molecule has 0 saturated carbocycles. The molecule has 0 radical (unpaired) electrons. The van der Waals surface area contributed by atoms with Gasteiger partial charge in [0.15, 0.2) is 6.10 Å². The highest BCUT2D eigenvalue weighted by Gasteiger charge is 2.29. The Bertz CT molecular complexity index is 2710. The number of unbranched alkanes of at least 4 members (excludes halogenated alkanes) is 25. The predicted octanol–water partition coefficient (Wildman–Crippen LogP) is 25.3. The summed E-state index contributed by atoms with van der Waals surface area (Å²) in [5, 5.41) is 20.7. The van der Waals surface area contributed by atoms with E-state index in [2.05, 4.69) is 203 Å². The van der Waals surface area contributed by atoms with E-state index in [0.717, 1.165) is 173 Å². The largest absolute Gasteiger partial charge is 0.472 e. The maximum Gasteiger partial charge on any atom is 0.472 e. The van der Waals surface area contributed by atoms with Crippen LogP contribution in [0.2, 0.25) is 0 Å². The fraction of sp³-hybridized carbons (Fsp3) is 0.637. The fourth-order valence-corrected chi connectivity index (χ4v) is 12.4. The van der Waals surface area contributed by atoms with Crippen LogP contribution in [0.4, 0.5) is 0 Å². The molecule has 0 bridgehead atoms. The van der Waals surface area contributed by atoms with Crippen molar-refractivity contribution in [2.75, 3.05) is 39.6 Å². The van der Waals surface area contributed by atoms with Crippen molar-refractivity contribution in [3.63, 3.8) is 0 Å². The third-order valence-electron chi connectivity index (χ3n) is 17.1. The highest BCUT2D eigenvalue weighted by molar-refractivity contribution is 7.47. The van der Waals surface area contributed by atoms with Crippen molar-refractivity contribution in [1.82, 2.24) is 0 Å². The Morgan fingerprint density at radius 2 is 0.459 bits per heavy atom. The summed E-state index contributed by atoms with van der Waals surface area (Å²) in [5.74, 6) is -1.63. The monoisotopic (exact) mass is 1560 g/mol. The molecular formula is C91H150O16P2. The lowest BCUT2D eigenvalue weighted by atomic mass is 10.0. The van der Waals surface area contributed by atoms with Crippen LogP contribution >= 0.6 is 15.6 Å². The molecule has 0 aliphatic heterocycles. The molecule has 0 heterocycles. The van der Waals surface area contributed by atoms with E-state index < -0.39 is 91.5 Å². The van der Waals surface area contributed by atoms with Gasteiger partial charge in [0.25, 0.3) is 0 Å². The number of hydrogen-bond donors (Lipinski definition) is 4. The molecule has 5 atom stereocenters. The van der Waals surface area contributed by atoms with Crippen LogP contribution in [0, 0.1) is 0 Å². The lowest BCUT2D eigenvalue weighted by Gasteiger charge is -2.21. The van der Waals surface area contributed by atoms with Crippen LogP contribution in [0.25, 0.3) is 0 Å². The molecule has 0 rings (SSSR count). The number of phosphoric acid groups is 2. The minimum absolute atomic E-state index is 0.0733. The van der Waals surface area contributed by atoms with Crippen molar-refractivity contribution >= 4 is 33.6 Å². The summed E-state index contributed by atoms with van der Waals surface area (Å²) in [5.41, 5.74) is 0. The van der Waals surface area contributed by atoms with Crippen molar-refractivity contribution in [2.45, 2.75) is 334 Å². The first-order valence-corrected chi connectivity index (χ1v) is 45.1. The highest BCUT2D eigenvalue weighted by atomic mass is 31.2. The molecule has 109 heavy (non-hydrogen) atoms. The number of carbonyl (C=O) groups is 3. The average molecular weight is 1560 g/mol. The predicted molar refractivity (Wildman–Crippen MR) is 454 cm³/mol. The zero-order chi connectivity index (χ0) is 79.4. The fourth-order valence-electron chi connectivity index (χ4n) is 10.8. The average Bonchev–Trinajstić information content (AvgIpc) is 0.902. The SMILES string of the molecule is CC/C=C\C/C=C\C/C=C\C/C=C\C/C=C\C/C=C\CCCCCCCCCCCCCCCCCCC(=O)OCC(O)COP(=O)(O)OCC(O)COP(=O)(O)OCC(COC(=O)CCCCCC/C=C\C/C=C\C/C=C\C/C=C\C/C=C\C/C=C\CC)OC(=O)CCCCCCC/C=C\C/C=C\C/C=C\CC. The van der Waals surface area contributed by atoms with E-state index >= 15 is 0 Å². The van der Waals surface area contributed by atoms with Gasteiger partial charge in [-0.15, -0.1) is 0 Å². The molecule has 0 spiro atoms. The van der Waals surface area contributed by atoms with Gasteiger partial charge in [-0.1, -0.05) is 325 Å². The van der Waals surface area contributed by atoms with Gasteiger partial charge in [-0.2, -0.15) is 0 Å². The van der Waals surface area contributed by atoms with Gasteiger partial charge in [-0.25, -0.2) is 9.13 Å². The quantitative estimate of drug-likeness (QED) is 0.0146. The molecule has 0 aromatic heterocycles. The van der Waals surface area contributed by atoms with Crippen molar-refractivity contribution in [1.29, 1.82) is 0 Å². The molecule has 0 saturated heterocycles. The lowest BCUT2D eigenvalue weighted by molar-refractivity contribution is -0.161. The zero-order valence-electron chi connectivity index (χ0n) is 67.9. The second-order valence-corrected chi connectivity index (χ2v) is 30.4. The number of carbonyl (C=O) groups excluding carboxylic acids is 3. The highest BCUT2D eigenvalue weighted by Crippen LogP contribution is 2.45. The van der Waals surface area contributed by atoms with Gasteiger partial charge >= 0.3 is 33.6 Å². The number of hydrogen-bond acceptors (Lipinski definition) is 14. The van der Waals surface area contributed by atoms with Crippen molar-refractivity contribution < 1.29 is 75.8 Å². The Balaban J connectivity index is 4.48. The van der Waals surface area contributed by atoms with E-state index in [4.69, 9.17) is 32.3 Å². The minimum Gasteiger partial charge on any atom is -0.463 e. The minimum atomic E-state index is -4.95. The normalized spacial score (nSPS) is 14.8. The second kappa shape index (κ2) is 82.1. The molecule has 0 aromatic carbocycles. The van der Waals surface area contributed by atoms with Crippen LogP contribution < -0.4 is 0 Å². The van der Waals surface area contributed by atoms with Gasteiger partial charge in [0.2, 0.25) is 0 Å². The molecule has 0 fully saturated rings. The van der Waals surface area contributed by atoms with E-state index in [1.165, 1.54) is 83.5 Å². The van der Waals surface area contributed by atoms with Gasteiger partial charge in [-0.05, 0) is 154 Å². The van der Waals surface area contributed by atoms with Crippen molar-refractivity contribution in [2.24, 2.45) is 0 Å². The number of rotatable bonds is 78. The third kappa shape index (κ3) is 83.4. The van der Waals surface area contributed by atoms with Gasteiger partial charge in [0.05, 0.1) is 26.4 Å². The third-order valence-corrected chi connectivity index (χ3v) is 19.0. The first-order valence-electron chi connectivity index (χ1n) is 42.1. The van der Waals surface area contributed by atoms with Crippen LogP contribution in [0.15, 0.2) is 182 Å². The maximum atomic E-state index is 13.0. The molecule has 16 nitrogen and oxygen atoms in total. The first kappa shape index (κ1) is 104. The molecule has 0 amide bonds. The van der Waals surface area contributed by atoms with Crippen molar-refractivity contribution in [3.05, 3.63) is 182 Å². The molecule has 620 valence electrons. The zero-order valence-corrected chi connectivity index (χ0v) is 69.7. The summed E-state index contributed by atoms with van der Waals surface area (Å²) in [7, 11) is -9.82. The van der Waals surface area contributed by atoms with E-state index in [1.807, 2.05) is 0 Å². The summed E-state index contributed by atoms with van der Waals surface area (Å²) in [6, 6.07) is 0. The molecule has 4 N–H and O–H groups in total. The summed E-state index contributed by atoms with van der Waals surface area (Å²) in [6.07, 6.45) is 107. The van der Waals surface area contributed by atoms with E-state index in [9.17, 15) is 43.5 Å². The van der Waals surface area contributed by atoms with Gasteiger partial charge in [0, 0.05) is 19.3 Å². The Hall–Kier alpha value is -5.35. The van der Waals surface area contributed by atoms with Crippen LogP contribution in [-0.4, -0.2) is 95.9 Å². The summed E-state index contributed by atoms with van der Waals surface area (Å²) < 4.78 is 61.2.